The van der Waals surface area contributed by atoms with Gasteiger partial charge in [-0.1, -0.05) is 178 Å². The van der Waals surface area contributed by atoms with E-state index in [-0.39, 0.29) is 0 Å². The zero-order valence-corrected chi connectivity index (χ0v) is 32.0. The highest BCUT2D eigenvalue weighted by atomic mass is 15.0. The van der Waals surface area contributed by atoms with Crippen molar-refractivity contribution in [2.45, 2.75) is 52.0 Å². The molecule has 6 aromatic carbocycles. The Kier molecular flexibility index (Phi) is 11.4. The van der Waals surface area contributed by atoms with Crippen molar-refractivity contribution < 1.29 is 0 Å². The molecule has 0 atom stereocenters. The summed E-state index contributed by atoms with van der Waals surface area (Å²) in [5, 5.41) is 11.6. The summed E-state index contributed by atoms with van der Waals surface area (Å²) < 4.78 is 2.41. The topological polar surface area (TPSA) is 17.0 Å². The molecule has 1 aromatic heterocycles. The van der Waals surface area contributed by atoms with Crippen LogP contribution < -0.4 is 10.7 Å². The van der Waals surface area contributed by atoms with E-state index in [0.717, 1.165) is 37.9 Å². The van der Waals surface area contributed by atoms with E-state index < -0.39 is 5.41 Å². The highest BCUT2D eigenvalue weighted by Gasteiger charge is 2.38. The van der Waals surface area contributed by atoms with Gasteiger partial charge in [0.05, 0.1) is 0 Å². The molecule has 0 aliphatic rings. The van der Waals surface area contributed by atoms with Crippen LogP contribution in [0.15, 0.2) is 182 Å². The number of aromatic nitrogens is 1. The lowest BCUT2D eigenvalue weighted by Crippen LogP contribution is -2.35. The minimum absolute atomic E-state index is 0.434. The summed E-state index contributed by atoms with van der Waals surface area (Å²) in [5.41, 5.74) is 7.04. The van der Waals surface area contributed by atoms with Gasteiger partial charge >= 0.3 is 0 Å². The van der Waals surface area contributed by atoms with Crippen molar-refractivity contribution in [1.29, 1.82) is 0 Å². The summed E-state index contributed by atoms with van der Waals surface area (Å²) in [4.78, 5) is 0. The summed E-state index contributed by atoms with van der Waals surface area (Å²) >= 11 is 0. The molecular formula is C52H52N2. The fraction of sp³-hybridized carbons (Fsp3) is 0.192. The van der Waals surface area contributed by atoms with Crippen LogP contribution in [0.1, 0.15) is 43.9 Å². The van der Waals surface area contributed by atoms with Crippen molar-refractivity contribution in [3.63, 3.8) is 0 Å². The Bertz CT molecular complexity index is 2450. The van der Waals surface area contributed by atoms with Gasteiger partial charge in [0.1, 0.15) is 0 Å². The Labute approximate surface area is 321 Å². The van der Waals surface area contributed by atoms with Gasteiger partial charge in [-0.05, 0) is 88.7 Å². The molecule has 1 N–H and O–H groups in total. The third kappa shape index (κ3) is 7.75. The molecule has 2 heteroatoms. The maximum absolute atomic E-state index is 4.91. The molecule has 0 spiro atoms. The van der Waals surface area contributed by atoms with Crippen LogP contribution in [0.5, 0.6) is 0 Å². The standard InChI is InChI=1S/C52H52N2/c1-5-54-48(46-30-19-27-44-28-20-32-49(54)50(44)46)31-16-8-6-7-11-21-40(4)52(37-41-22-12-9-13-23-41,38-42-24-14-10-15-25-42)51-45-29-18-17-26-43(45)33-34-47(51)53-36-35-39(2)3/h6-34,39,53H,4-5,35-38H2,1-3H3/b7-6+,16-8+,21-11+,48-31+. The maximum Gasteiger partial charge on any atom is 0.0497 e. The average molecular weight is 705 g/mol. The highest BCUT2D eigenvalue weighted by molar-refractivity contribution is 6.10. The molecule has 0 amide bonds. The molecule has 0 fully saturated rings. The van der Waals surface area contributed by atoms with Gasteiger partial charge in [-0.25, -0.2) is 0 Å². The number of nitrogens with zero attached hydrogens (tertiary/aromatic N) is 1. The summed E-state index contributed by atoms with van der Waals surface area (Å²) in [5.74, 6) is 0.615. The Morgan fingerprint density at radius 3 is 1.98 bits per heavy atom. The van der Waals surface area contributed by atoms with E-state index in [2.05, 4.69) is 207 Å². The second kappa shape index (κ2) is 16.9. The largest absolute Gasteiger partial charge is 0.385 e. The van der Waals surface area contributed by atoms with E-state index in [1.807, 2.05) is 0 Å². The van der Waals surface area contributed by atoms with E-state index in [1.54, 1.807) is 0 Å². The molecule has 0 radical (unpaired) electrons. The first-order valence-electron chi connectivity index (χ1n) is 19.5. The third-order valence-corrected chi connectivity index (χ3v) is 10.8. The van der Waals surface area contributed by atoms with E-state index in [1.165, 1.54) is 60.2 Å². The average Bonchev–Trinajstić information content (AvgIpc) is 3.51. The predicted octanol–water partition coefficient (Wildman–Crippen LogP) is 12.6. The normalized spacial score (nSPS) is 12.9. The molecule has 0 aliphatic carbocycles. The summed E-state index contributed by atoms with van der Waals surface area (Å²) in [6.45, 7) is 13.6. The third-order valence-electron chi connectivity index (χ3n) is 10.8. The molecule has 7 rings (SSSR count). The molecule has 7 aromatic rings. The van der Waals surface area contributed by atoms with Gasteiger partial charge in [0.25, 0.3) is 0 Å². The monoisotopic (exact) mass is 704 g/mol. The molecule has 1 heterocycles. The first kappa shape index (κ1) is 36.5. The summed E-state index contributed by atoms with van der Waals surface area (Å²) in [6.07, 6.45) is 17.9. The van der Waals surface area contributed by atoms with Crippen molar-refractivity contribution in [1.82, 2.24) is 4.57 Å². The van der Waals surface area contributed by atoms with Crippen LogP contribution in [-0.2, 0) is 24.8 Å². The molecule has 54 heavy (non-hydrogen) atoms. The van der Waals surface area contributed by atoms with Crippen LogP contribution in [0.4, 0.5) is 5.69 Å². The molecule has 270 valence electrons. The second-order valence-corrected chi connectivity index (χ2v) is 14.9. The molecule has 0 saturated carbocycles. The lowest BCUT2D eigenvalue weighted by Gasteiger charge is -2.39. The minimum atomic E-state index is -0.434. The lowest BCUT2D eigenvalue weighted by molar-refractivity contribution is 0.512. The Morgan fingerprint density at radius 2 is 1.28 bits per heavy atom. The molecule has 0 unspecified atom stereocenters. The number of aryl methyl sites for hydroxylation is 1. The van der Waals surface area contributed by atoms with Gasteiger partial charge in [-0.3, -0.25) is 0 Å². The number of allylic oxidation sites excluding steroid dienone is 7. The van der Waals surface area contributed by atoms with Crippen molar-refractivity contribution in [3.05, 3.63) is 204 Å². The van der Waals surface area contributed by atoms with Crippen molar-refractivity contribution >= 4 is 44.2 Å². The second-order valence-electron chi connectivity index (χ2n) is 14.9. The van der Waals surface area contributed by atoms with E-state index in [0.29, 0.717) is 5.92 Å². The quantitative estimate of drug-likeness (QED) is 0.105. The fourth-order valence-corrected chi connectivity index (χ4v) is 8.17. The molecule has 2 nitrogen and oxygen atoms in total. The SMILES string of the molecule is C=C(/C=C/C=C/C=C/C=c1\c2cccc3cccc(c32)n1CC)C(Cc1ccccc1)(Cc1ccccc1)c1c(NCCC(C)C)ccc2ccccc12. The lowest BCUT2D eigenvalue weighted by atomic mass is 9.65. The van der Waals surface area contributed by atoms with Gasteiger partial charge in [-0.15, -0.1) is 0 Å². The molecular weight excluding hydrogens is 653 g/mol. The van der Waals surface area contributed by atoms with Gasteiger partial charge in [-0.2, -0.15) is 0 Å². The van der Waals surface area contributed by atoms with Crippen molar-refractivity contribution in [2.24, 2.45) is 5.92 Å². The van der Waals surface area contributed by atoms with Crippen LogP contribution >= 0.6 is 0 Å². The van der Waals surface area contributed by atoms with Gasteiger partial charge in [0, 0.05) is 45.8 Å². The van der Waals surface area contributed by atoms with E-state index >= 15 is 0 Å². The van der Waals surface area contributed by atoms with Gasteiger partial charge in [0.15, 0.2) is 0 Å². The number of fused-ring (bicyclic) bond motifs is 1. The highest BCUT2D eigenvalue weighted by Crippen LogP contribution is 2.46. The number of hydrogen-bond acceptors (Lipinski definition) is 1. The number of hydrogen-bond donors (Lipinski definition) is 1. The van der Waals surface area contributed by atoms with Gasteiger partial charge in [0.2, 0.25) is 0 Å². The first-order valence-corrected chi connectivity index (χ1v) is 19.5. The molecule has 0 saturated heterocycles. The zero-order valence-electron chi connectivity index (χ0n) is 32.0. The number of rotatable bonds is 15. The van der Waals surface area contributed by atoms with Crippen molar-refractivity contribution in [2.75, 3.05) is 11.9 Å². The van der Waals surface area contributed by atoms with Crippen LogP contribution in [0.25, 0.3) is 38.5 Å². The zero-order chi connectivity index (χ0) is 37.3. The van der Waals surface area contributed by atoms with Gasteiger partial charge < -0.3 is 9.88 Å². The number of benzene rings is 6. The number of anilines is 1. The Morgan fingerprint density at radius 1 is 0.667 bits per heavy atom. The van der Waals surface area contributed by atoms with Crippen LogP contribution in [0.2, 0.25) is 0 Å². The molecule has 0 aliphatic heterocycles. The maximum atomic E-state index is 4.91. The first-order chi connectivity index (χ1) is 26.5. The van der Waals surface area contributed by atoms with Crippen LogP contribution in [0, 0.1) is 5.92 Å². The van der Waals surface area contributed by atoms with Crippen LogP contribution in [-0.4, -0.2) is 11.1 Å². The Hall–Kier alpha value is -5.86. The smallest absolute Gasteiger partial charge is 0.0497 e. The summed E-state index contributed by atoms with van der Waals surface area (Å²) in [6, 6.07) is 48.5. The minimum Gasteiger partial charge on any atom is -0.385 e. The molecule has 0 bridgehead atoms. The summed E-state index contributed by atoms with van der Waals surface area (Å²) in [7, 11) is 0. The van der Waals surface area contributed by atoms with E-state index in [9.17, 15) is 0 Å². The Balaban J connectivity index is 1.28. The van der Waals surface area contributed by atoms with Crippen molar-refractivity contribution in [3.8, 4) is 0 Å². The number of nitrogens with one attached hydrogen (secondary N) is 1. The fourth-order valence-electron chi connectivity index (χ4n) is 8.17. The van der Waals surface area contributed by atoms with Crippen LogP contribution in [0.3, 0.4) is 0 Å². The predicted molar refractivity (Wildman–Crippen MR) is 235 cm³/mol. The van der Waals surface area contributed by atoms with E-state index in [4.69, 9.17) is 6.58 Å².